The van der Waals surface area contributed by atoms with Gasteiger partial charge in [-0.15, -0.1) is 11.8 Å². The van der Waals surface area contributed by atoms with Crippen LogP contribution in [0.3, 0.4) is 0 Å². The van der Waals surface area contributed by atoms with Crippen LogP contribution in [0.5, 0.6) is 0 Å². The SMILES string of the molecule is CCC1SCCSC1c1noc(C2(CN)CCOCC2)n1. The molecule has 0 aliphatic carbocycles. The first-order chi connectivity index (χ1) is 10.3. The highest BCUT2D eigenvalue weighted by atomic mass is 32.2. The van der Waals surface area contributed by atoms with Gasteiger partial charge in [-0.3, -0.25) is 0 Å². The van der Waals surface area contributed by atoms with E-state index in [1.165, 1.54) is 5.75 Å². The number of thioether (sulfide) groups is 2. The summed E-state index contributed by atoms with van der Waals surface area (Å²) in [5, 5.41) is 5.22. The lowest BCUT2D eigenvalue weighted by atomic mass is 9.80. The molecule has 1 aromatic heterocycles. The largest absolute Gasteiger partial charge is 0.381 e. The van der Waals surface area contributed by atoms with Crippen LogP contribution < -0.4 is 5.73 Å². The van der Waals surface area contributed by atoms with Crippen molar-refractivity contribution in [1.82, 2.24) is 10.1 Å². The van der Waals surface area contributed by atoms with E-state index in [0.717, 1.165) is 44.1 Å². The summed E-state index contributed by atoms with van der Waals surface area (Å²) in [5.41, 5.74) is 5.84. The number of nitrogens with two attached hydrogens (primary N) is 1. The molecular formula is C14H23N3O2S2. The van der Waals surface area contributed by atoms with E-state index in [-0.39, 0.29) is 5.41 Å². The summed E-state index contributed by atoms with van der Waals surface area (Å²) in [6, 6.07) is 0. The van der Waals surface area contributed by atoms with Gasteiger partial charge in [-0.1, -0.05) is 12.1 Å². The molecule has 2 aliphatic rings. The zero-order valence-corrected chi connectivity index (χ0v) is 14.0. The Morgan fingerprint density at radius 1 is 1.29 bits per heavy atom. The fourth-order valence-corrected chi connectivity index (χ4v) is 5.96. The maximum atomic E-state index is 6.02. The summed E-state index contributed by atoms with van der Waals surface area (Å²) in [6.45, 7) is 4.22. The van der Waals surface area contributed by atoms with Crippen LogP contribution in [-0.2, 0) is 10.2 Å². The Bertz CT molecular complexity index is 463. The number of aromatic nitrogens is 2. The molecule has 2 N–H and O–H groups in total. The molecule has 0 spiro atoms. The summed E-state index contributed by atoms with van der Waals surface area (Å²) < 4.78 is 11.1. The summed E-state index contributed by atoms with van der Waals surface area (Å²) >= 11 is 3.98. The highest BCUT2D eigenvalue weighted by Gasteiger charge is 2.40. The Labute approximate surface area is 134 Å². The number of nitrogens with zero attached hydrogens (tertiary/aromatic N) is 2. The van der Waals surface area contributed by atoms with Crippen LogP contribution in [0.4, 0.5) is 0 Å². The number of hydrogen-bond donors (Lipinski definition) is 1. The van der Waals surface area contributed by atoms with Gasteiger partial charge >= 0.3 is 0 Å². The predicted octanol–water partition coefficient (Wildman–Crippen LogP) is 2.38. The minimum atomic E-state index is -0.183. The molecule has 1 aromatic rings. The molecule has 2 aliphatic heterocycles. The average Bonchev–Trinajstić information content (AvgIpc) is 3.06. The lowest BCUT2D eigenvalue weighted by molar-refractivity contribution is 0.0409. The Balaban J connectivity index is 1.81. The minimum Gasteiger partial charge on any atom is -0.381 e. The first-order valence-corrected chi connectivity index (χ1v) is 9.74. The van der Waals surface area contributed by atoms with Gasteiger partial charge < -0.3 is 15.0 Å². The first-order valence-electron chi connectivity index (χ1n) is 7.64. The van der Waals surface area contributed by atoms with Crippen molar-refractivity contribution < 1.29 is 9.26 Å². The van der Waals surface area contributed by atoms with Crippen molar-refractivity contribution in [1.29, 1.82) is 0 Å². The van der Waals surface area contributed by atoms with E-state index in [0.29, 0.717) is 22.9 Å². The minimum absolute atomic E-state index is 0.183. The summed E-state index contributed by atoms with van der Waals surface area (Å²) in [5.74, 6) is 3.95. The second-order valence-electron chi connectivity index (χ2n) is 5.66. The Kier molecular flexibility index (Phi) is 5.14. The van der Waals surface area contributed by atoms with Crippen LogP contribution in [0.25, 0.3) is 0 Å². The highest BCUT2D eigenvalue weighted by Crippen LogP contribution is 2.43. The van der Waals surface area contributed by atoms with Crippen LogP contribution in [0.2, 0.25) is 0 Å². The van der Waals surface area contributed by atoms with E-state index >= 15 is 0 Å². The van der Waals surface area contributed by atoms with Crippen LogP contribution in [0.15, 0.2) is 4.52 Å². The van der Waals surface area contributed by atoms with Crippen molar-refractivity contribution in [3.05, 3.63) is 11.7 Å². The van der Waals surface area contributed by atoms with E-state index in [9.17, 15) is 0 Å². The van der Waals surface area contributed by atoms with Gasteiger partial charge in [0.15, 0.2) is 5.82 Å². The van der Waals surface area contributed by atoms with Crippen LogP contribution in [-0.4, -0.2) is 46.7 Å². The summed E-state index contributed by atoms with van der Waals surface area (Å²) in [6.07, 6.45) is 2.88. The molecule has 0 saturated carbocycles. The molecule has 0 aromatic carbocycles. The zero-order valence-electron chi connectivity index (χ0n) is 12.4. The first kappa shape index (κ1) is 15.6. The second-order valence-corrected chi connectivity index (χ2v) is 8.26. The molecule has 7 heteroatoms. The fraction of sp³-hybridized carbons (Fsp3) is 0.857. The van der Waals surface area contributed by atoms with E-state index < -0.39 is 0 Å². The molecule has 21 heavy (non-hydrogen) atoms. The van der Waals surface area contributed by atoms with Gasteiger partial charge in [-0.25, -0.2) is 0 Å². The van der Waals surface area contributed by atoms with Gasteiger partial charge in [-0.2, -0.15) is 16.7 Å². The topological polar surface area (TPSA) is 74.2 Å². The molecular weight excluding hydrogens is 306 g/mol. The van der Waals surface area contributed by atoms with Gasteiger partial charge in [0.1, 0.15) is 0 Å². The quantitative estimate of drug-likeness (QED) is 0.909. The Morgan fingerprint density at radius 3 is 2.76 bits per heavy atom. The third-order valence-electron chi connectivity index (χ3n) is 4.44. The van der Waals surface area contributed by atoms with E-state index in [2.05, 4.69) is 12.1 Å². The zero-order chi connectivity index (χ0) is 14.7. The van der Waals surface area contributed by atoms with Crippen molar-refractivity contribution in [2.24, 2.45) is 5.73 Å². The van der Waals surface area contributed by atoms with Gasteiger partial charge in [0.25, 0.3) is 0 Å². The maximum Gasteiger partial charge on any atom is 0.234 e. The third-order valence-corrected chi connectivity index (χ3v) is 7.69. The molecule has 0 bridgehead atoms. The Hall–Kier alpha value is -0.240. The van der Waals surface area contributed by atoms with Gasteiger partial charge in [0.2, 0.25) is 5.89 Å². The second kappa shape index (κ2) is 6.89. The fourth-order valence-electron chi connectivity index (χ4n) is 2.98. The molecule has 0 radical (unpaired) electrons. The average molecular weight is 329 g/mol. The molecule has 2 atom stereocenters. The molecule has 118 valence electrons. The summed E-state index contributed by atoms with van der Waals surface area (Å²) in [4.78, 5) is 4.75. The van der Waals surface area contributed by atoms with Crippen molar-refractivity contribution in [2.45, 2.75) is 42.1 Å². The molecule has 5 nitrogen and oxygen atoms in total. The van der Waals surface area contributed by atoms with E-state index in [1.54, 1.807) is 0 Å². The van der Waals surface area contributed by atoms with Crippen LogP contribution in [0, 0.1) is 0 Å². The smallest absolute Gasteiger partial charge is 0.234 e. The molecule has 2 saturated heterocycles. The molecule has 3 rings (SSSR count). The van der Waals surface area contributed by atoms with Gasteiger partial charge in [-0.05, 0) is 19.3 Å². The lowest BCUT2D eigenvalue weighted by Gasteiger charge is -2.32. The van der Waals surface area contributed by atoms with Gasteiger partial charge in [0, 0.05) is 36.5 Å². The number of hydrogen-bond acceptors (Lipinski definition) is 7. The van der Waals surface area contributed by atoms with Crippen molar-refractivity contribution in [3.8, 4) is 0 Å². The summed E-state index contributed by atoms with van der Waals surface area (Å²) in [7, 11) is 0. The van der Waals surface area contributed by atoms with E-state index in [4.69, 9.17) is 20.0 Å². The standard InChI is InChI=1S/C14H23N3O2S2/c1-2-10-11(21-8-7-20-10)12-16-13(19-17-12)14(9-15)3-5-18-6-4-14/h10-11H,2-9,15H2,1H3. The van der Waals surface area contributed by atoms with Crippen LogP contribution >= 0.6 is 23.5 Å². The monoisotopic (exact) mass is 329 g/mol. The Morgan fingerprint density at radius 2 is 2.05 bits per heavy atom. The molecule has 3 heterocycles. The molecule has 2 unspecified atom stereocenters. The normalized spacial score (nSPS) is 29.4. The lowest BCUT2D eigenvalue weighted by Crippen LogP contribution is -2.41. The number of ether oxygens (including phenoxy) is 1. The van der Waals surface area contributed by atoms with Crippen molar-refractivity contribution >= 4 is 23.5 Å². The van der Waals surface area contributed by atoms with Crippen LogP contribution in [0.1, 0.15) is 43.2 Å². The number of rotatable bonds is 4. The maximum absolute atomic E-state index is 6.02. The predicted molar refractivity (Wildman–Crippen MR) is 86.8 cm³/mol. The molecule has 2 fully saturated rings. The van der Waals surface area contributed by atoms with Crippen molar-refractivity contribution in [3.63, 3.8) is 0 Å². The highest BCUT2D eigenvalue weighted by molar-refractivity contribution is 8.06. The third kappa shape index (κ3) is 3.11. The van der Waals surface area contributed by atoms with Crippen molar-refractivity contribution in [2.75, 3.05) is 31.3 Å². The molecule has 0 amide bonds. The van der Waals surface area contributed by atoms with E-state index in [1.807, 2.05) is 23.5 Å². The van der Waals surface area contributed by atoms with Gasteiger partial charge in [0.05, 0.1) is 10.7 Å².